The predicted octanol–water partition coefficient (Wildman–Crippen LogP) is 6.31. The molecule has 4 fully saturated rings. The van der Waals surface area contributed by atoms with Crippen molar-refractivity contribution in [2.45, 2.75) is 83.7 Å². The molecule has 0 amide bonds. The zero-order valence-corrected chi connectivity index (χ0v) is 16.7. The Morgan fingerprint density at radius 1 is 0.808 bits per heavy atom. The summed E-state index contributed by atoms with van der Waals surface area (Å²) in [5, 5.41) is 11.9. The van der Waals surface area contributed by atoms with E-state index < -0.39 is 5.60 Å². The summed E-state index contributed by atoms with van der Waals surface area (Å²) < 4.78 is 0. The maximum atomic E-state index is 11.9. The number of rotatable bonds is 1. The Morgan fingerprint density at radius 3 is 2.38 bits per heavy atom. The van der Waals surface area contributed by atoms with Gasteiger partial charge in [0.2, 0.25) is 0 Å². The fraction of sp³-hybridized carbons (Fsp3) is 0.760. The van der Waals surface area contributed by atoms with Gasteiger partial charge in [-0.15, -0.1) is 0 Å². The molecule has 5 rings (SSSR count). The fourth-order valence-corrected chi connectivity index (χ4v) is 8.50. The Labute approximate surface area is 159 Å². The second-order valence-corrected chi connectivity index (χ2v) is 10.6. The molecule has 1 N–H and O–H groups in total. The molecule has 26 heavy (non-hydrogen) atoms. The first kappa shape index (κ1) is 17.3. The van der Waals surface area contributed by atoms with E-state index in [1.807, 2.05) is 0 Å². The Kier molecular flexibility index (Phi) is 3.88. The normalized spacial score (nSPS) is 50.6. The summed E-state index contributed by atoms with van der Waals surface area (Å²) in [6, 6.07) is 10.6. The van der Waals surface area contributed by atoms with E-state index in [4.69, 9.17) is 0 Å². The van der Waals surface area contributed by atoms with Crippen LogP contribution >= 0.6 is 0 Å². The lowest BCUT2D eigenvalue weighted by molar-refractivity contribution is -0.154. The topological polar surface area (TPSA) is 20.2 Å². The molecule has 4 aliphatic rings. The van der Waals surface area contributed by atoms with Crippen molar-refractivity contribution in [1.82, 2.24) is 0 Å². The lowest BCUT2D eigenvalue weighted by Crippen LogP contribution is -2.55. The standard InChI is InChI=1S/C25H36O/c1-23-15-7-6-8-18(23)11-12-20-21(23)13-16-24(2)22(20)14-17-25(24,26)19-9-4-3-5-10-19/h3-5,9-10,18,20-22,26H,6-8,11-17H2,1-2H3/t18-,20-,21-,22+,23+,24-,25-/m0/s1. The highest BCUT2D eigenvalue weighted by atomic mass is 16.3. The average molecular weight is 353 g/mol. The van der Waals surface area contributed by atoms with Gasteiger partial charge in [0.05, 0.1) is 5.60 Å². The van der Waals surface area contributed by atoms with Crippen LogP contribution in [0.5, 0.6) is 0 Å². The fourth-order valence-electron chi connectivity index (χ4n) is 8.50. The molecule has 4 saturated carbocycles. The Hall–Kier alpha value is -0.820. The van der Waals surface area contributed by atoms with Crippen molar-refractivity contribution in [3.05, 3.63) is 35.9 Å². The SMILES string of the molecule is C[C@@]12CCCC[C@H]1CC[C@@H]1[C@H]3CC[C@](O)(c4ccccc4)[C@@]3(C)CC[C@@H]12. The van der Waals surface area contributed by atoms with Crippen molar-refractivity contribution in [2.24, 2.45) is 34.5 Å². The minimum absolute atomic E-state index is 0.0629. The second-order valence-electron chi connectivity index (χ2n) is 10.6. The van der Waals surface area contributed by atoms with Crippen LogP contribution in [0.1, 0.15) is 83.6 Å². The molecule has 0 bridgehead atoms. The maximum Gasteiger partial charge on any atom is 0.0952 e. The van der Waals surface area contributed by atoms with E-state index in [1.165, 1.54) is 63.4 Å². The molecule has 142 valence electrons. The first-order valence-electron chi connectivity index (χ1n) is 11.3. The number of hydrogen-bond donors (Lipinski definition) is 1. The van der Waals surface area contributed by atoms with Gasteiger partial charge in [0.25, 0.3) is 0 Å². The number of hydrogen-bond acceptors (Lipinski definition) is 1. The third-order valence-corrected chi connectivity index (χ3v) is 9.99. The van der Waals surface area contributed by atoms with Gasteiger partial charge in [-0.1, -0.05) is 57.0 Å². The lowest BCUT2D eigenvalue weighted by Gasteiger charge is -2.61. The van der Waals surface area contributed by atoms with Crippen LogP contribution in [0.3, 0.4) is 0 Å². The molecule has 0 aliphatic heterocycles. The van der Waals surface area contributed by atoms with Crippen molar-refractivity contribution in [3.8, 4) is 0 Å². The van der Waals surface area contributed by atoms with E-state index in [-0.39, 0.29) is 5.41 Å². The summed E-state index contributed by atoms with van der Waals surface area (Å²) in [4.78, 5) is 0. The summed E-state index contributed by atoms with van der Waals surface area (Å²) in [6.45, 7) is 5.08. The Balaban J connectivity index is 1.49. The van der Waals surface area contributed by atoms with Gasteiger partial charge in [0, 0.05) is 5.41 Å². The van der Waals surface area contributed by atoms with Crippen LogP contribution in [0, 0.1) is 34.5 Å². The summed E-state index contributed by atoms with van der Waals surface area (Å²) in [5.41, 5.74) is 1.21. The van der Waals surface area contributed by atoms with Crippen LogP contribution < -0.4 is 0 Å². The van der Waals surface area contributed by atoms with E-state index in [0.29, 0.717) is 11.3 Å². The van der Waals surface area contributed by atoms with Gasteiger partial charge in [-0.05, 0) is 86.0 Å². The van der Waals surface area contributed by atoms with Gasteiger partial charge < -0.3 is 5.11 Å². The maximum absolute atomic E-state index is 11.9. The first-order valence-corrected chi connectivity index (χ1v) is 11.3. The predicted molar refractivity (Wildman–Crippen MR) is 107 cm³/mol. The van der Waals surface area contributed by atoms with Crippen LogP contribution in [-0.2, 0) is 5.60 Å². The van der Waals surface area contributed by atoms with Crippen molar-refractivity contribution in [2.75, 3.05) is 0 Å². The van der Waals surface area contributed by atoms with Gasteiger partial charge in [0.1, 0.15) is 0 Å². The second kappa shape index (κ2) is 5.84. The average Bonchev–Trinajstić information content (AvgIpc) is 2.94. The van der Waals surface area contributed by atoms with Gasteiger partial charge in [-0.25, -0.2) is 0 Å². The largest absolute Gasteiger partial charge is 0.385 e. The molecule has 1 nitrogen and oxygen atoms in total. The molecule has 0 radical (unpaired) electrons. The van der Waals surface area contributed by atoms with E-state index in [2.05, 4.69) is 44.2 Å². The van der Waals surface area contributed by atoms with Crippen molar-refractivity contribution in [1.29, 1.82) is 0 Å². The Bertz CT molecular complexity index is 668. The zero-order chi connectivity index (χ0) is 18.0. The molecule has 0 aromatic heterocycles. The molecule has 0 spiro atoms. The van der Waals surface area contributed by atoms with E-state index in [0.717, 1.165) is 24.2 Å². The van der Waals surface area contributed by atoms with Gasteiger partial charge in [-0.2, -0.15) is 0 Å². The number of aliphatic hydroxyl groups is 1. The van der Waals surface area contributed by atoms with Crippen LogP contribution in [-0.4, -0.2) is 5.11 Å². The summed E-state index contributed by atoms with van der Waals surface area (Å²) in [5.74, 6) is 3.46. The lowest BCUT2D eigenvalue weighted by atomic mass is 9.44. The highest BCUT2D eigenvalue weighted by Gasteiger charge is 2.64. The summed E-state index contributed by atoms with van der Waals surface area (Å²) in [7, 11) is 0. The van der Waals surface area contributed by atoms with Crippen molar-refractivity contribution >= 4 is 0 Å². The van der Waals surface area contributed by atoms with Gasteiger partial charge in [-0.3, -0.25) is 0 Å². The van der Waals surface area contributed by atoms with Crippen LogP contribution in [0.2, 0.25) is 0 Å². The Morgan fingerprint density at radius 2 is 1.58 bits per heavy atom. The molecular formula is C25H36O. The summed E-state index contributed by atoms with van der Waals surface area (Å²) in [6.07, 6.45) is 13.5. The number of benzene rings is 1. The monoisotopic (exact) mass is 352 g/mol. The van der Waals surface area contributed by atoms with Crippen LogP contribution in [0.15, 0.2) is 30.3 Å². The molecule has 0 heterocycles. The van der Waals surface area contributed by atoms with Gasteiger partial charge in [0.15, 0.2) is 0 Å². The summed E-state index contributed by atoms with van der Waals surface area (Å²) >= 11 is 0. The molecule has 0 unspecified atom stereocenters. The molecular weight excluding hydrogens is 316 g/mol. The quantitative estimate of drug-likeness (QED) is 0.628. The van der Waals surface area contributed by atoms with Crippen molar-refractivity contribution in [3.63, 3.8) is 0 Å². The molecule has 4 aliphatic carbocycles. The first-order chi connectivity index (χ1) is 12.5. The smallest absolute Gasteiger partial charge is 0.0952 e. The minimum Gasteiger partial charge on any atom is -0.385 e. The highest BCUT2D eigenvalue weighted by molar-refractivity contribution is 5.29. The number of fused-ring (bicyclic) bond motifs is 5. The molecule has 0 saturated heterocycles. The molecule has 7 atom stereocenters. The van der Waals surface area contributed by atoms with Crippen molar-refractivity contribution < 1.29 is 5.11 Å². The van der Waals surface area contributed by atoms with Crippen LogP contribution in [0.25, 0.3) is 0 Å². The van der Waals surface area contributed by atoms with Crippen LogP contribution in [0.4, 0.5) is 0 Å². The third kappa shape index (κ3) is 2.13. The molecule has 1 aromatic carbocycles. The zero-order valence-electron chi connectivity index (χ0n) is 16.7. The highest BCUT2D eigenvalue weighted by Crippen LogP contribution is 2.69. The molecule has 1 aromatic rings. The third-order valence-electron chi connectivity index (χ3n) is 9.99. The minimum atomic E-state index is -0.617. The van der Waals surface area contributed by atoms with E-state index >= 15 is 0 Å². The van der Waals surface area contributed by atoms with E-state index in [9.17, 15) is 5.11 Å². The molecule has 1 heteroatoms. The van der Waals surface area contributed by atoms with E-state index in [1.54, 1.807) is 0 Å². The van der Waals surface area contributed by atoms with Gasteiger partial charge >= 0.3 is 0 Å².